The zero-order valence-electron chi connectivity index (χ0n) is 22.1. The number of carbonyl (C=O) groups excluding carboxylic acids is 1. The average Bonchev–Trinajstić information content (AvgIpc) is 3.33. The molecule has 0 atom stereocenters. The maximum Gasteiger partial charge on any atom is 0.247 e. The Balaban J connectivity index is 1.41. The number of benzene rings is 3. The van der Waals surface area contributed by atoms with Crippen LogP contribution in [0.25, 0.3) is 17.0 Å². The van der Waals surface area contributed by atoms with Gasteiger partial charge in [0.15, 0.2) is 0 Å². The maximum atomic E-state index is 13.8. The lowest BCUT2D eigenvalue weighted by Crippen LogP contribution is -2.58. The third-order valence-corrected chi connectivity index (χ3v) is 9.01. The third kappa shape index (κ3) is 3.97. The van der Waals surface area contributed by atoms with Gasteiger partial charge in [0.05, 0.1) is 5.54 Å². The van der Waals surface area contributed by atoms with Gasteiger partial charge in [0, 0.05) is 34.8 Å². The number of aromatic amines is 1. The first-order valence-electron chi connectivity index (χ1n) is 13.5. The van der Waals surface area contributed by atoms with Crippen LogP contribution in [0.3, 0.4) is 0 Å². The quantitative estimate of drug-likeness (QED) is 0.315. The van der Waals surface area contributed by atoms with Crippen molar-refractivity contribution in [1.29, 1.82) is 0 Å². The second-order valence-corrected chi connectivity index (χ2v) is 11.0. The first kappa shape index (κ1) is 24.6. The van der Waals surface area contributed by atoms with Crippen LogP contribution in [-0.2, 0) is 22.3 Å². The van der Waals surface area contributed by atoms with Gasteiger partial charge in [-0.05, 0) is 87.2 Å². The molecule has 38 heavy (non-hydrogen) atoms. The normalized spacial score (nSPS) is 23.4. The molecular weight excluding hydrogens is 473 g/mol. The Kier molecular flexibility index (Phi) is 6.19. The molecule has 194 valence electrons. The number of halogens is 1. The van der Waals surface area contributed by atoms with Crippen LogP contribution >= 0.6 is 0 Å². The zero-order chi connectivity index (χ0) is 26.3. The molecule has 0 bridgehead atoms. The molecule has 6 rings (SSSR count). The number of fused-ring (bicyclic) bond motifs is 4. The predicted molar refractivity (Wildman–Crippen MR) is 151 cm³/mol. The third-order valence-electron chi connectivity index (χ3n) is 9.01. The van der Waals surface area contributed by atoms with E-state index in [9.17, 15) is 9.18 Å². The Morgan fingerprint density at radius 2 is 1.61 bits per heavy atom. The minimum atomic E-state index is -0.412. The first-order valence-corrected chi connectivity index (χ1v) is 13.5. The summed E-state index contributed by atoms with van der Waals surface area (Å²) in [5.41, 5.74) is 5.20. The number of nitrogens with zero attached hydrogens (tertiary/aromatic N) is 2. The number of para-hydroxylation sites is 1. The Morgan fingerprint density at radius 3 is 2.32 bits per heavy atom. The van der Waals surface area contributed by atoms with E-state index in [1.165, 1.54) is 16.6 Å². The molecule has 2 aliphatic rings. The van der Waals surface area contributed by atoms with Crippen molar-refractivity contribution in [2.45, 2.75) is 43.2 Å². The molecule has 1 N–H and O–H groups in total. The highest BCUT2D eigenvalue weighted by molar-refractivity contribution is 5.93. The van der Waals surface area contributed by atoms with Crippen molar-refractivity contribution in [3.05, 3.63) is 113 Å². The molecule has 5 heteroatoms. The van der Waals surface area contributed by atoms with Gasteiger partial charge in [0.25, 0.3) is 0 Å². The number of aromatic nitrogens is 1. The summed E-state index contributed by atoms with van der Waals surface area (Å²) in [6.07, 6.45) is 7.88. The van der Waals surface area contributed by atoms with Crippen molar-refractivity contribution >= 4 is 22.9 Å². The van der Waals surface area contributed by atoms with E-state index in [-0.39, 0.29) is 17.3 Å². The first-order chi connectivity index (χ1) is 18.4. The molecule has 1 aliphatic heterocycles. The molecule has 1 amide bonds. The molecule has 3 aromatic carbocycles. The van der Waals surface area contributed by atoms with Gasteiger partial charge in [0.1, 0.15) is 5.82 Å². The molecule has 0 radical (unpaired) electrons. The molecule has 0 saturated heterocycles. The van der Waals surface area contributed by atoms with Crippen LogP contribution in [0, 0.1) is 5.82 Å². The minimum absolute atomic E-state index is 0.0531. The van der Waals surface area contributed by atoms with Gasteiger partial charge >= 0.3 is 0 Å². The van der Waals surface area contributed by atoms with E-state index in [1.54, 1.807) is 18.2 Å². The fourth-order valence-corrected chi connectivity index (χ4v) is 6.92. The van der Waals surface area contributed by atoms with Crippen molar-refractivity contribution in [1.82, 2.24) is 14.8 Å². The average molecular weight is 508 g/mol. The van der Waals surface area contributed by atoms with Crippen molar-refractivity contribution in [2.24, 2.45) is 0 Å². The van der Waals surface area contributed by atoms with Gasteiger partial charge in [-0.1, -0.05) is 60.7 Å². The highest BCUT2D eigenvalue weighted by Gasteiger charge is 2.52. The smallest absolute Gasteiger partial charge is 0.247 e. The lowest BCUT2D eigenvalue weighted by Gasteiger charge is -2.55. The standard InChI is InChI=1S/C33H34FN3O/c1-36(2)32(25-13-15-26(34)16-14-25)19-21-33(22-20-32)31-28(27-10-6-7-11-29(27)35-31)18-23-37(33)30(38)17-12-24-8-4-3-5-9-24/h3-17,35H,18-23H2,1-2H3/b17-12+/t32-,33+. The highest BCUT2D eigenvalue weighted by Crippen LogP contribution is 2.53. The summed E-state index contributed by atoms with van der Waals surface area (Å²) in [5, 5.41) is 1.26. The van der Waals surface area contributed by atoms with Gasteiger partial charge in [-0.3, -0.25) is 9.69 Å². The highest BCUT2D eigenvalue weighted by atomic mass is 19.1. The van der Waals surface area contributed by atoms with E-state index in [1.807, 2.05) is 48.5 Å². The Labute approximate surface area is 223 Å². The number of hydrogen-bond acceptors (Lipinski definition) is 2. The second-order valence-electron chi connectivity index (χ2n) is 11.0. The number of nitrogens with one attached hydrogen (secondary N) is 1. The number of amides is 1. The van der Waals surface area contributed by atoms with Crippen molar-refractivity contribution in [3.8, 4) is 0 Å². The summed E-state index contributed by atoms with van der Waals surface area (Å²) in [6, 6.07) is 25.4. The second kappa shape index (κ2) is 9.55. The summed E-state index contributed by atoms with van der Waals surface area (Å²) < 4.78 is 13.8. The molecule has 0 unspecified atom stereocenters. The molecule has 4 nitrogen and oxygen atoms in total. The minimum Gasteiger partial charge on any atom is -0.356 e. The Morgan fingerprint density at radius 1 is 0.921 bits per heavy atom. The van der Waals surface area contributed by atoms with Crippen LogP contribution < -0.4 is 0 Å². The fourth-order valence-electron chi connectivity index (χ4n) is 6.92. The Bertz CT molecular complexity index is 1480. The molecular formula is C33H34FN3O. The number of H-pyrrole nitrogens is 1. The summed E-state index contributed by atoms with van der Waals surface area (Å²) in [5.74, 6) is -0.163. The Hall–Kier alpha value is -3.70. The van der Waals surface area contributed by atoms with E-state index in [0.717, 1.165) is 48.7 Å². The largest absolute Gasteiger partial charge is 0.356 e. The van der Waals surface area contributed by atoms with E-state index in [0.29, 0.717) is 6.54 Å². The van der Waals surface area contributed by atoms with E-state index >= 15 is 0 Å². The molecule has 2 heterocycles. The predicted octanol–water partition coefficient (Wildman–Crippen LogP) is 6.63. The fraction of sp³-hybridized carbons (Fsp3) is 0.303. The number of carbonyl (C=O) groups is 1. The van der Waals surface area contributed by atoms with Crippen LogP contribution in [0.4, 0.5) is 4.39 Å². The van der Waals surface area contributed by atoms with Gasteiger partial charge < -0.3 is 9.88 Å². The SMILES string of the molecule is CN(C)[C@]1(c2ccc(F)cc2)CC[C@]2(CC1)c1[nH]c3ccccc3c1CCN2C(=O)/C=C/c1ccccc1. The van der Waals surface area contributed by atoms with Gasteiger partial charge in [-0.2, -0.15) is 0 Å². The van der Waals surface area contributed by atoms with Gasteiger partial charge in [0.2, 0.25) is 5.91 Å². The summed E-state index contributed by atoms with van der Waals surface area (Å²) in [4.78, 5) is 22.0. The van der Waals surface area contributed by atoms with Crippen molar-refractivity contribution < 1.29 is 9.18 Å². The zero-order valence-corrected chi connectivity index (χ0v) is 22.1. The molecule has 1 saturated carbocycles. The van der Waals surface area contributed by atoms with Crippen LogP contribution in [0.2, 0.25) is 0 Å². The van der Waals surface area contributed by atoms with Crippen molar-refractivity contribution in [3.63, 3.8) is 0 Å². The van der Waals surface area contributed by atoms with E-state index in [4.69, 9.17) is 0 Å². The molecule has 1 aromatic heterocycles. The van der Waals surface area contributed by atoms with Crippen molar-refractivity contribution in [2.75, 3.05) is 20.6 Å². The monoisotopic (exact) mass is 507 g/mol. The van der Waals surface area contributed by atoms with Crippen LogP contribution in [0.15, 0.2) is 84.9 Å². The topological polar surface area (TPSA) is 39.3 Å². The summed E-state index contributed by atoms with van der Waals surface area (Å²) >= 11 is 0. The van der Waals surface area contributed by atoms with Crippen LogP contribution in [0.1, 0.15) is 48.1 Å². The summed E-state index contributed by atoms with van der Waals surface area (Å²) in [7, 11) is 4.23. The lowest BCUT2D eigenvalue weighted by molar-refractivity contribution is -0.137. The van der Waals surface area contributed by atoms with Crippen LogP contribution in [0.5, 0.6) is 0 Å². The van der Waals surface area contributed by atoms with Gasteiger partial charge in [-0.15, -0.1) is 0 Å². The number of rotatable bonds is 4. The summed E-state index contributed by atoms with van der Waals surface area (Å²) in [6.45, 7) is 0.693. The lowest BCUT2D eigenvalue weighted by atomic mass is 9.65. The van der Waals surface area contributed by atoms with E-state index in [2.05, 4.69) is 53.1 Å². The molecule has 1 spiro atoms. The van der Waals surface area contributed by atoms with E-state index < -0.39 is 5.54 Å². The molecule has 4 aromatic rings. The number of hydrogen-bond donors (Lipinski definition) is 1. The molecule has 1 aliphatic carbocycles. The molecule has 1 fully saturated rings. The van der Waals surface area contributed by atoms with Gasteiger partial charge in [-0.25, -0.2) is 4.39 Å². The maximum absolute atomic E-state index is 13.8. The van der Waals surface area contributed by atoms with Crippen LogP contribution in [-0.4, -0.2) is 41.3 Å².